The molecule has 3 rings (SSSR count). The molecule has 0 saturated carbocycles. The number of carbonyl (C=O) groups excluding carboxylic acids is 1. The third kappa shape index (κ3) is 4.34. The van der Waals surface area contributed by atoms with Crippen LogP contribution < -0.4 is 5.32 Å². The zero-order valence-corrected chi connectivity index (χ0v) is 14.1. The standard InChI is InChI=1S/C18H19FN4O3/c19-17-7-2-1-4-14(17)13-21-8-10-22(11-9-21)18(24)20-15-5-3-6-16(12-15)23(25)26/h1-7,12H,8-11,13H2,(H,20,24). The minimum atomic E-state index is -0.503. The van der Waals surface area contributed by atoms with Crippen LogP contribution in [0.2, 0.25) is 0 Å². The second-order valence-corrected chi connectivity index (χ2v) is 6.09. The second kappa shape index (κ2) is 7.92. The van der Waals surface area contributed by atoms with Crippen molar-refractivity contribution >= 4 is 17.4 Å². The number of non-ortho nitro benzene ring substituents is 1. The normalized spacial score (nSPS) is 14.9. The summed E-state index contributed by atoms with van der Waals surface area (Å²) in [6.07, 6.45) is 0. The summed E-state index contributed by atoms with van der Waals surface area (Å²) < 4.78 is 13.7. The van der Waals surface area contributed by atoms with Crippen LogP contribution in [0.1, 0.15) is 5.56 Å². The molecule has 0 aromatic heterocycles. The number of nitrogens with zero attached hydrogens (tertiary/aromatic N) is 3. The van der Waals surface area contributed by atoms with Crippen molar-refractivity contribution < 1.29 is 14.1 Å². The van der Waals surface area contributed by atoms with Crippen LogP contribution in [-0.2, 0) is 6.54 Å². The Morgan fingerprint density at radius 3 is 2.54 bits per heavy atom. The van der Waals surface area contributed by atoms with Crippen molar-refractivity contribution in [2.24, 2.45) is 0 Å². The zero-order valence-electron chi connectivity index (χ0n) is 14.1. The number of carbonyl (C=O) groups is 1. The van der Waals surface area contributed by atoms with E-state index in [-0.39, 0.29) is 17.5 Å². The first-order valence-corrected chi connectivity index (χ1v) is 8.29. The van der Waals surface area contributed by atoms with E-state index < -0.39 is 4.92 Å². The van der Waals surface area contributed by atoms with Crippen molar-refractivity contribution in [3.8, 4) is 0 Å². The number of piperazine rings is 1. The fourth-order valence-electron chi connectivity index (χ4n) is 2.88. The van der Waals surface area contributed by atoms with Crippen LogP contribution in [0.3, 0.4) is 0 Å². The third-order valence-electron chi connectivity index (χ3n) is 4.32. The predicted octanol–water partition coefficient (Wildman–Crippen LogP) is 3.08. The largest absolute Gasteiger partial charge is 0.322 e. The molecule has 136 valence electrons. The molecule has 0 atom stereocenters. The number of amides is 2. The minimum absolute atomic E-state index is 0.0718. The summed E-state index contributed by atoms with van der Waals surface area (Å²) in [6, 6.07) is 12.2. The van der Waals surface area contributed by atoms with Crippen LogP contribution in [0, 0.1) is 15.9 Å². The number of rotatable bonds is 4. The highest BCUT2D eigenvalue weighted by Crippen LogP contribution is 2.18. The van der Waals surface area contributed by atoms with Gasteiger partial charge in [-0.05, 0) is 12.1 Å². The molecule has 2 amide bonds. The summed E-state index contributed by atoms with van der Waals surface area (Å²) >= 11 is 0. The zero-order chi connectivity index (χ0) is 18.5. The van der Waals surface area contributed by atoms with Crippen LogP contribution in [0.25, 0.3) is 0 Å². The van der Waals surface area contributed by atoms with E-state index in [9.17, 15) is 19.3 Å². The van der Waals surface area contributed by atoms with Crippen LogP contribution in [0.15, 0.2) is 48.5 Å². The molecule has 8 heteroatoms. The SMILES string of the molecule is O=C(Nc1cccc([N+](=O)[O-])c1)N1CCN(Cc2ccccc2F)CC1. The molecule has 7 nitrogen and oxygen atoms in total. The van der Waals surface area contributed by atoms with Crippen molar-refractivity contribution in [2.45, 2.75) is 6.54 Å². The minimum Gasteiger partial charge on any atom is -0.322 e. The van der Waals surface area contributed by atoms with Crippen molar-refractivity contribution in [3.05, 3.63) is 70.0 Å². The van der Waals surface area contributed by atoms with Gasteiger partial charge < -0.3 is 10.2 Å². The highest BCUT2D eigenvalue weighted by Gasteiger charge is 2.22. The Morgan fingerprint density at radius 2 is 1.85 bits per heavy atom. The number of urea groups is 1. The third-order valence-corrected chi connectivity index (χ3v) is 4.32. The van der Waals surface area contributed by atoms with Gasteiger partial charge in [0.15, 0.2) is 0 Å². The molecule has 1 aliphatic heterocycles. The molecule has 2 aromatic rings. The quantitative estimate of drug-likeness (QED) is 0.673. The number of halogens is 1. The Bertz CT molecular complexity index is 807. The number of nitrogens with one attached hydrogen (secondary N) is 1. The van der Waals surface area contributed by atoms with Gasteiger partial charge in [0.1, 0.15) is 5.82 Å². The van der Waals surface area contributed by atoms with Gasteiger partial charge in [-0.3, -0.25) is 15.0 Å². The maximum Gasteiger partial charge on any atom is 0.321 e. The first-order chi connectivity index (χ1) is 12.5. The summed E-state index contributed by atoms with van der Waals surface area (Å²) in [5.41, 5.74) is 0.956. The fourth-order valence-corrected chi connectivity index (χ4v) is 2.88. The van der Waals surface area contributed by atoms with Crippen molar-refractivity contribution in [1.82, 2.24) is 9.80 Å². The van der Waals surface area contributed by atoms with Crippen molar-refractivity contribution in [1.29, 1.82) is 0 Å². The molecule has 2 aromatic carbocycles. The van der Waals surface area contributed by atoms with E-state index in [0.717, 1.165) is 0 Å². The first kappa shape index (κ1) is 17.8. The van der Waals surface area contributed by atoms with Gasteiger partial charge in [0.05, 0.1) is 4.92 Å². The van der Waals surface area contributed by atoms with E-state index in [4.69, 9.17) is 0 Å². The van der Waals surface area contributed by atoms with Crippen LogP contribution in [0.5, 0.6) is 0 Å². The molecule has 1 aliphatic rings. The predicted molar refractivity (Wildman–Crippen MR) is 95.4 cm³/mol. The lowest BCUT2D eigenvalue weighted by Crippen LogP contribution is -2.49. The number of benzene rings is 2. The molecule has 1 N–H and O–H groups in total. The lowest BCUT2D eigenvalue weighted by Gasteiger charge is -2.34. The summed E-state index contributed by atoms with van der Waals surface area (Å²) in [5, 5.41) is 13.5. The summed E-state index contributed by atoms with van der Waals surface area (Å²) in [4.78, 5) is 26.4. The molecule has 1 fully saturated rings. The van der Waals surface area contributed by atoms with Gasteiger partial charge in [0, 0.05) is 56.1 Å². The van der Waals surface area contributed by atoms with Gasteiger partial charge in [-0.2, -0.15) is 0 Å². The monoisotopic (exact) mass is 358 g/mol. The van der Waals surface area contributed by atoms with Gasteiger partial charge in [-0.25, -0.2) is 9.18 Å². The Labute approximate surface area is 150 Å². The lowest BCUT2D eigenvalue weighted by molar-refractivity contribution is -0.384. The highest BCUT2D eigenvalue weighted by atomic mass is 19.1. The molecule has 0 spiro atoms. The van der Waals surface area contributed by atoms with Gasteiger partial charge in [0.2, 0.25) is 0 Å². The number of nitro benzene ring substituents is 1. The number of anilines is 1. The number of hydrogen-bond acceptors (Lipinski definition) is 4. The molecule has 0 aliphatic carbocycles. The number of nitro groups is 1. The molecular weight excluding hydrogens is 339 g/mol. The van der Waals surface area contributed by atoms with Crippen molar-refractivity contribution in [2.75, 3.05) is 31.5 Å². The van der Waals surface area contributed by atoms with E-state index in [1.54, 1.807) is 29.2 Å². The van der Waals surface area contributed by atoms with Crippen LogP contribution >= 0.6 is 0 Å². The Kier molecular flexibility index (Phi) is 5.43. The maximum atomic E-state index is 13.7. The average molecular weight is 358 g/mol. The van der Waals surface area contributed by atoms with E-state index in [2.05, 4.69) is 10.2 Å². The Balaban J connectivity index is 1.53. The van der Waals surface area contributed by atoms with E-state index in [0.29, 0.717) is 44.0 Å². The smallest absolute Gasteiger partial charge is 0.321 e. The molecule has 1 heterocycles. The van der Waals surface area contributed by atoms with Crippen LogP contribution in [0.4, 0.5) is 20.6 Å². The summed E-state index contributed by atoms with van der Waals surface area (Å²) in [6.45, 7) is 2.80. The topological polar surface area (TPSA) is 78.7 Å². The maximum absolute atomic E-state index is 13.7. The van der Waals surface area contributed by atoms with Gasteiger partial charge in [-0.15, -0.1) is 0 Å². The van der Waals surface area contributed by atoms with E-state index in [1.165, 1.54) is 24.3 Å². The second-order valence-electron chi connectivity index (χ2n) is 6.09. The highest BCUT2D eigenvalue weighted by molar-refractivity contribution is 5.89. The molecular formula is C18H19FN4O3. The van der Waals surface area contributed by atoms with Crippen molar-refractivity contribution in [3.63, 3.8) is 0 Å². The van der Waals surface area contributed by atoms with Gasteiger partial charge >= 0.3 is 6.03 Å². The first-order valence-electron chi connectivity index (χ1n) is 8.29. The van der Waals surface area contributed by atoms with Crippen LogP contribution in [-0.4, -0.2) is 46.9 Å². The summed E-state index contributed by atoms with van der Waals surface area (Å²) in [7, 11) is 0. The molecule has 0 radical (unpaired) electrons. The fraction of sp³-hybridized carbons (Fsp3) is 0.278. The molecule has 1 saturated heterocycles. The molecule has 0 unspecified atom stereocenters. The summed E-state index contributed by atoms with van der Waals surface area (Å²) in [5.74, 6) is -0.224. The van der Waals surface area contributed by atoms with Gasteiger partial charge in [0.25, 0.3) is 5.69 Å². The number of hydrogen-bond donors (Lipinski definition) is 1. The Morgan fingerprint density at radius 1 is 1.12 bits per heavy atom. The average Bonchev–Trinajstić information content (AvgIpc) is 2.64. The molecule has 26 heavy (non-hydrogen) atoms. The molecule has 0 bridgehead atoms. The van der Waals surface area contributed by atoms with E-state index >= 15 is 0 Å². The lowest BCUT2D eigenvalue weighted by atomic mass is 10.2. The van der Waals surface area contributed by atoms with E-state index in [1.807, 2.05) is 0 Å². The van der Waals surface area contributed by atoms with Gasteiger partial charge in [-0.1, -0.05) is 24.3 Å². The Hall–Kier alpha value is -3.00.